The van der Waals surface area contributed by atoms with Gasteiger partial charge in [-0.25, -0.2) is 0 Å². The lowest BCUT2D eigenvalue weighted by molar-refractivity contribution is -0.186. The highest BCUT2D eigenvalue weighted by Gasteiger charge is 2.51. The average molecular weight is 491 g/mol. The van der Waals surface area contributed by atoms with Crippen LogP contribution >= 0.6 is 0 Å². The lowest BCUT2D eigenvalue weighted by Crippen LogP contribution is -2.67. The van der Waals surface area contributed by atoms with Gasteiger partial charge in [0.05, 0.1) is 12.7 Å². The van der Waals surface area contributed by atoms with Crippen LogP contribution in [0.5, 0.6) is 0 Å². The van der Waals surface area contributed by atoms with E-state index in [9.17, 15) is 5.11 Å². The van der Waals surface area contributed by atoms with E-state index in [0.29, 0.717) is 6.42 Å². The minimum atomic E-state index is -2.77. The Morgan fingerprint density at radius 1 is 0.941 bits per heavy atom. The number of ether oxygens (including phenoxy) is 5. The first-order chi connectivity index (χ1) is 16.3. The summed E-state index contributed by atoms with van der Waals surface area (Å²) < 4.78 is 34.9. The molecule has 0 saturated carbocycles. The smallest absolute Gasteiger partial charge is 0.261 e. The fourth-order valence-electron chi connectivity index (χ4n) is 4.66. The van der Waals surface area contributed by atoms with Crippen molar-refractivity contribution in [2.75, 3.05) is 34.4 Å². The molecule has 0 spiro atoms. The van der Waals surface area contributed by atoms with Crippen LogP contribution in [0.25, 0.3) is 0 Å². The van der Waals surface area contributed by atoms with Gasteiger partial charge >= 0.3 is 0 Å². The molecule has 1 aliphatic heterocycles. The summed E-state index contributed by atoms with van der Waals surface area (Å²) >= 11 is 0. The molecule has 2 aromatic carbocycles. The van der Waals surface area contributed by atoms with E-state index in [1.54, 1.807) is 14.2 Å². The van der Waals surface area contributed by atoms with Gasteiger partial charge in [-0.05, 0) is 15.4 Å². The number of rotatable bonds is 12. The molecule has 4 atom stereocenters. The zero-order chi connectivity index (χ0) is 24.6. The Hall–Kier alpha value is -1.62. The lowest BCUT2D eigenvalue weighted by atomic mass is 10.1. The zero-order valence-corrected chi connectivity index (χ0v) is 21.8. The third kappa shape index (κ3) is 6.13. The number of aliphatic hydroxyl groups excluding tert-OH is 1. The Morgan fingerprint density at radius 3 is 2.00 bits per heavy atom. The Bertz CT molecular complexity index is 804. The van der Waals surface area contributed by atoms with Crippen molar-refractivity contribution in [1.29, 1.82) is 0 Å². The van der Waals surface area contributed by atoms with Crippen molar-refractivity contribution in [1.82, 2.24) is 0 Å². The quantitative estimate of drug-likeness (QED) is 0.362. The number of hydrogen-bond acceptors (Lipinski definition) is 7. The molecular weight excluding hydrogens is 452 g/mol. The normalized spacial score (nSPS) is 22.1. The largest absolute Gasteiger partial charge is 0.405 e. The second-order valence-corrected chi connectivity index (χ2v) is 13.8. The van der Waals surface area contributed by atoms with E-state index in [-0.39, 0.29) is 31.3 Å². The summed E-state index contributed by atoms with van der Waals surface area (Å²) in [7, 11) is 0.363. The Labute approximate surface area is 204 Å². The summed E-state index contributed by atoms with van der Waals surface area (Å²) in [5, 5.41) is 12.4. The predicted octanol–water partition coefficient (Wildman–Crippen LogP) is 2.65. The highest BCUT2D eigenvalue weighted by atomic mass is 28.4. The van der Waals surface area contributed by atoms with E-state index in [2.05, 4.69) is 69.3 Å². The van der Waals surface area contributed by atoms with Gasteiger partial charge in [-0.15, -0.1) is 0 Å². The summed E-state index contributed by atoms with van der Waals surface area (Å²) in [4.78, 5) is 0. The van der Waals surface area contributed by atoms with Crippen LogP contribution in [0.2, 0.25) is 5.04 Å². The maximum Gasteiger partial charge on any atom is 0.261 e. The molecule has 0 aliphatic carbocycles. The second kappa shape index (κ2) is 12.4. The summed E-state index contributed by atoms with van der Waals surface area (Å²) in [6.45, 7) is 7.10. The molecular formula is C26H38O7Si. The topological polar surface area (TPSA) is 75.6 Å². The van der Waals surface area contributed by atoms with Crippen LogP contribution in [0.1, 0.15) is 27.2 Å². The van der Waals surface area contributed by atoms with Crippen LogP contribution in [0.15, 0.2) is 60.7 Å². The van der Waals surface area contributed by atoms with Crippen LogP contribution < -0.4 is 10.4 Å². The van der Waals surface area contributed by atoms with Crippen LogP contribution in [-0.2, 0) is 28.1 Å². The molecule has 2 aromatic rings. The molecule has 1 N–H and O–H groups in total. The molecule has 0 amide bonds. The van der Waals surface area contributed by atoms with Crippen molar-refractivity contribution in [3.63, 3.8) is 0 Å². The number of methoxy groups -OCH3 is 2. The molecule has 0 radical (unpaired) electrons. The van der Waals surface area contributed by atoms with E-state index in [1.165, 1.54) is 10.4 Å². The van der Waals surface area contributed by atoms with Gasteiger partial charge in [-0.2, -0.15) is 0 Å². The fourth-order valence-corrected chi connectivity index (χ4v) is 9.23. The monoisotopic (exact) mass is 490 g/mol. The first-order valence-electron chi connectivity index (χ1n) is 11.6. The van der Waals surface area contributed by atoms with Crippen LogP contribution in [0, 0.1) is 0 Å². The molecule has 1 saturated heterocycles. The standard InChI is InChI=1S/C26H38O7Si/c1-26(2,3)34(20-12-8-6-9-13-20,21-14-10-7-11-15-21)32-17-23(31-19-29-5)25-22(30-18-28-4)16-24(27)33-25/h6-15,22-25,27H,16-19H2,1-5H3/t22-,23+,24?,25+/m0/s1. The summed E-state index contributed by atoms with van der Waals surface area (Å²) in [6, 6.07) is 20.9. The van der Waals surface area contributed by atoms with E-state index in [0.717, 1.165) is 0 Å². The maximum atomic E-state index is 10.2. The summed E-state index contributed by atoms with van der Waals surface area (Å²) in [5.41, 5.74) is 0. The summed E-state index contributed by atoms with van der Waals surface area (Å²) in [6.07, 6.45) is -2.04. The average Bonchev–Trinajstić information content (AvgIpc) is 3.20. The Morgan fingerprint density at radius 2 is 1.50 bits per heavy atom. The fraction of sp³-hybridized carbons (Fsp3) is 0.538. The van der Waals surface area contributed by atoms with Gasteiger partial charge in [-0.1, -0.05) is 81.4 Å². The van der Waals surface area contributed by atoms with Crippen molar-refractivity contribution >= 4 is 18.7 Å². The van der Waals surface area contributed by atoms with Crippen molar-refractivity contribution in [2.24, 2.45) is 0 Å². The van der Waals surface area contributed by atoms with Gasteiger partial charge in [0.25, 0.3) is 8.32 Å². The van der Waals surface area contributed by atoms with Crippen molar-refractivity contribution < 1.29 is 33.2 Å². The van der Waals surface area contributed by atoms with Gasteiger partial charge in [0.2, 0.25) is 0 Å². The zero-order valence-electron chi connectivity index (χ0n) is 20.8. The van der Waals surface area contributed by atoms with Crippen LogP contribution in [0.3, 0.4) is 0 Å². The van der Waals surface area contributed by atoms with E-state index >= 15 is 0 Å². The summed E-state index contributed by atoms with van der Waals surface area (Å²) in [5.74, 6) is 0. The Kier molecular flexibility index (Phi) is 9.81. The SMILES string of the molecule is COCO[C@H]1CC(O)O[C@H]1[C@@H](CO[Si](c1ccccc1)(c1ccccc1)C(C)(C)C)OCOC. The molecule has 34 heavy (non-hydrogen) atoms. The molecule has 8 heteroatoms. The van der Waals surface area contributed by atoms with Crippen molar-refractivity contribution in [3.8, 4) is 0 Å². The van der Waals surface area contributed by atoms with Gasteiger partial charge in [0, 0.05) is 20.6 Å². The third-order valence-electron chi connectivity index (χ3n) is 6.16. The number of aliphatic hydroxyl groups is 1. The molecule has 7 nitrogen and oxygen atoms in total. The first-order valence-corrected chi connectivity index (χ1v) is 13.5. The lowest BCUT2D eigenvalue weighted by Gasteiger charge is -2.44. The van der Waals surface area contributed by atoms with Gasteiger partial charge in [0.15, 0.2) is 6.29 Å². The van der Waals surface area contributed by atoms with E-state index in [4.69, 9.17) is 28.1 Å². The van der Waals surface area contributed by atoms with Crippen molar-refractivity contribution in [3.05, 3.63) is 60.7 Å². The second-order valence-electron chi connectivity index (χ2n) is 9.49. The van der Waals surface area contributed by atoms with E-state index < -0.39 is 26.8 Å². The predicted molar refractivity (Wildman–Crippen MR) is 133 cm³/mol. The van der Waals surface area contributed by atoms with Gasteiger partial charge < -0.3 is 33.2 Å². The first kappa shape index (κ1) is 27.0. The maximum absolute atomic E-state index is 10.2. The van der Waals surface area contributed by atoms with Gasteiger partial charge in [0.1, 0.15) is 25.8 Å². The minimum Gasteiger partial charge on any atom is -0.405 e. The van der Waals surface area contributed by atoms with Crippen LogP contribution in [-0.4, -0.2) is 72.4 Å². The number of benzene rings is 2. The molecule has 3 rings (SSSR count). The molecule has 1 heterocycles. The molecule has 0 bridgehead atoms. The molecule has 0 aromatic heterocycles. The third-order valence-corrected chi connectivity index (χ3v) is 11.2. The van der Waals surface area contributed by atoms with E-state index in [1.807, 2.05) is 12.1 Å². The highest BCUT2D eigenvalue weighted by molar-refractivity contribution is 6.99. The Balaban J connectivity index is 1.97. The van der Waals surface area contributed by atoms with Crippen molar-refractivity contribution in [2.45, 2.75) is 56.8 Å². The molecule has 1 unspecified atom stereocenters. The molecule has 188 valence electrons. The van der Waals surface area contributed by atoms with Gasteiger partial charge in [-0.3, -0.25) is 0 Å². The molecule has 1 fully saturated rings. The number of hydrogen-bond donors (Lipinski definition) is 1. The van der Waals surface area contributed by atoms with Crippen LogP contribution in [0.4, 0.5) is 0 Å². The molecule has 1 aliphatic rings. The highest BCUT2D eigenvalue weighted by Crippen LogP contribution is 2.37. The minimum absolute atomic E-state index is 0.0712.